The monoisotopic (exact) mass is 359 g/mol. The van der Waals surface area contributed by atoms with Crippen LogP contribution in [-0.2, 0) is 11.0 Å². The van der Waals surface area contributed by atoms with Crippen molar-refractivity contribution in [2.24, 2.45) is 5.41 Å². The summed E-state index contributed by atoms with van der Waals surface area (Å²) in [6, 6.07) is 2.52. The maximum atomic E-state index is 13.0. The smallest absolute Gasteiger partial charge is 0.421 e. The summed E-state index contributed by atoms with van der Waals surface area (Å²) in [7, 11) is 1.99. The van der Waals surface area contributed by atoms with Crippen LogP contribution in [0.2, 0.25) is 0 Å². The molecule has 1 fully saturated rings. The third kappa shape index (κ3) is 4.84. The van der Waals surface area contributed by atoms with Crippen LogP contribution in [0, 0.1) is 5.41 Å². The number of amides is 1. The first-order valence-electron chi connectivity index (χ1n) is 8.17. The molecule has 0 unspecified atom stereocenters. The van der Waals surface area contributed by atoms with Crippen molar-refractivity contribution in [3.63, 3.8) is 0 Å². The van der Waals surface area contributed by atoms with Crippen LogP contribution in [0.25, 0.3) is 0 Å². The van der Waals surface area contributed by atoms with Gasteiger partial charge < -0.3 is 15.0 Å². The van der Waals surface area contributed by atoms with Crippen LogP contribution < -0.4 is 10.1 Å². The first kappa shape index (κ1) is 19.5. The Morgan fingerprint density at radius 2 is 2.12 bits per heavy atom. The summed E-state index contributed by atoms with van der Waals surface area (Å²) >= 11 is 0. The number of aromatic nitrogens is 1. The van der Waals surface area contributed by atoms with Gasteiger partial charge in [0.2, 0.25) is 11.8 Å². The Balaban J connectivity index is 1.99. The molecule has 0 bridgehead atoms. The largest absolute Gasteiger partial charge is 0.476 e. The molecule has 5 nitrogen and oxygen atoms in total. The molecule has 0 aromatic carbocycles. The van der Waals surface area contributed by atoms with Crippen LogP contribution in [0.4, 0.5) is 13.2 Å². The summed E-state index contributed by atoms with van der Waals surface area (Å²) in [5.74, 6) is -0.755. The van der Waals surface area contributed by atoms with Gasteiger partial charge in [0.15, 0.2) is 0 Å². The number of ether oxygens (including phenoxy) is 1. The number of halogens is 3. The number of hydrogen-bond donors (Lipinski definition) is 1. The van der Waals surface area contributed by atoms with E-state index in [0.29, 0.717) is 6.04 Å². The number of carbonyl (C=O) groups is 1. The fraction of sp³-hybridized carbons (Fsp3) is 0.647. The van der Waals surface area contributed by atoms with Crippen molar-refractivity contribution >= 4 is 5.91 Å². The van der Waals surface area contributed by atoms with Crippen molar-refractivity contribution in [3.8, 4) is 5.88 Å². The minimum absolute atomic E-state index is 0.0346. The number of nitrogens with one attached hydrogen (secondary N) is 1. The molecule has 140 valence electrons. The summed E-state index contributed by atoms with van der Waals surface area (Å²) < 4.78 is 44.2. The standard InChI is InChI=1S/C17H24F3N3O2/c1-11-8-12(9-23(11)4)22-15(24)16(2,3)10-25-14-13(17(18,19)20)6-5-7-21-14/h5-7,11-12H,8-10H2,1-4H3,(H,22,24)/t11-,12+/m0/s1. The highest BCUT2D eigenvalue weighted by Gasteiger charge is 2.37. The molecule has 25 heavy (non-hydrogen) atoms. The third-order valence-corrected chi connectivity index (χ3v) is 4.48. The fourth-order valence-corrected chi connectivity index (χ4v) is 2.72. The maximum Gasteiger partial charge on any atom is 0.421 e. The molecule has 0 saturated carbocycles. The van der Waals surface area contributed by atoms with E-state index in [4.69, 9.17) is 4.74 Å². The van der Waals surface area contributed by atoms with E-state index in [9.17, 15) is 18.0 Å². The summed E-state index contributed by atoms with van der Waals surface area (Å²) in [5, 5.41) is 2.96. The predicted molar refractivity (Wildman–Crippen MR) is 87.2 cm³/mol. The molecular weight excluding hydrogens is 335 g/mol. The molecule has 2 atom stereocenters. The molecule has 0 aliphatic carbocycles. The molecule has 0 spiro atoms. The van der Waals surface area contributed by atoms with E-state index in [-0.39, 0.29) is 18.6 Å². The number of pyridine rings is 1. The average Bonchev–Trinajstić information content (AvgIpc) is 2.82. The highest BCUT2D eigenvalue weighted by molar-refractivity contribution is 5.82. The van der Waals surface area contributed by atoms with Crippen molar-refractivity contribution in [2.45, 2.75) is 45.5 Å². The van der Waals surface area contributed by atoms with Crippen LogP contribution >= 0.6 is 0 Å². The number of rotatable bonds is 5. The summed E-state index contributed by atoms with van der Waals surface area (Å²) in [6.45, 7) is 5.92. The molecule has 1 aromatic rings. The van der Waals surface area contributed by atoms with E-state index >= 15 is 0 Å². The quantitative estimate of drug-likeness (QED) is 0.878. The van der Waals surface area contributed by atoms with Gasteiger partial charge in [-0.25, -0.2) is 4.98 Å². The fourth-order valence-electron chi connectivity index (χ4n) is 2.72. The van der Waals surface area contributed by atoms with E-state index in [1.165, 1.54) is 12.3 Å². The first-order chi connectivity index (χ1) is 11.5. The second-order valence-electron chi connectivity index (χ2n) is 7.22. The molecule has 0 radical (unpaired) electrons. The van der Waals surface area contributed by atoms with Crippen molar-refractivity contribution in [1.29, 1.82) is 0 Å². The van der Waals surface area contributed by atoms with Gasteiger partial charge in [-0.1, -0.05) is 0 Å². The van der Waals surface area contributed by atoms with Gasteiger partial charge >= 0.3 is 6.18 Å². The third-order valence-electron chi connectivity index (χ3n) is 4.48. The summed E-state index contributed by atoms with van der Waals surface area (Å²) in [5.41, 5.74) is -1.93. The maximum absolute atomic E-state index is 13.0. The van der Waals surface area contributed by atoms with Crippen LogP contribution in [0.15, 0.2) is 18.3 Å². The van der Waals surface area contributed by atoms with E-state index < -0.39 is 23.0 Å². The van der Waals surface area contributed by atoms with E-state index in [0.717, 1.165) is 19.0 Å². The molecule has 2 rings (SSSR count). The molecule has 1 aromatic heterocycles. The molecular formula is C17H24F3N3O2. The Labute approximate surface area is 145 Å². The summed E-state index contributed by atoms with van der Waals surface area (Å²) in [6.07, 6.45) is -2.48. The van der Waals surface area contributed by atoms with E-state index in [1.54, 1.807) is 13.8 Å². The van der Waals surface area contributed by atoms with Gasteiger partial charge in [0.25, 0.3) is 0 Å². The predicted octanol–water partition coefficient (Wildman–Crippen LogP) is 2.71. The van der Waals surface area contributed by atoms with Crippen molar-refractivity contribution in [1.82, 2.24) is 15.2 Å². The minimum Gasteiger partial charge on any atom is -0.476 e. The molecule has 1 aliphatic heterocycles. The van der Waals surface area contributed by atoms with Gasteiger partial charge in [-0.15, -0.1) is 0 Å². The van der Waals surface area contributed by atoms with Gasteiger partial charge in [-0.2, -0.15) is 13.2 Å². The second kappa shape index (κ2) is 7.19. The van der Waals surface area contributed by atoms with Gasteiger partial charge in [0, 0.05) is 24.8 Å². The van der Waals surface area contributed by atoms with Crippen molar-refractivity contribution < 1.29 is 22.7 Å². The number of carbonyl (C=O) groups excluding carboxylic acids is 1. The Morgan fingerprint density at radius 1 is 1.44 bits per heavy atom. The van der Waals surface area contributed by atoms with E-state index in [2.05, 4.69) is 22.1 Å². The number of likely N-dealkylation sites (N-methyl/N-ethyl adjacent to an activating group) is 1. The molecule has 1 aliphatic rings. The average molecular weight is 359 g/mol. The number of likely N-dealkylation sites (tertiary alicyclic amines) is 1. The number of alkyl halides is 3. The lowest BCUT2D eigenvalue weighted by Crippen LogP contribution is -2.46. The Bertz CT molecular complexity index is 609. The molecule has 1 saturated heterocycles. The van der Waals surface area contributed by atoms with Crippen molar-refractivity contribution in [3.05, 3.63) is 23.9 Å². The topological polar surface area (TPSA) is 54.5 Å². The van der Waals surface area contributed by atoms with Crippen LogP contribution in [0.1, 0.15) is 32.8 Å². The lowest BCUT2D eigenvalue weighted by atomic mass is 9.93. The Morgan fingerprint density at radius 3 is 2.68 bits per heavy atom. The lowest BCUT2D eigenvalue weighted by Gasteiger charge is -2.26. The number of hydrogen-bond acceptors (Lipinski definition) is 4. The highest BCUT2D eigenvalue weighted by Crippen LogP contribution is 2.35. The zero-order chi connectivity index (χ0) is 18.8. The minimum atomic E-state index is -4.55. The van der Waals surface area contributed by atoms with Gasteiger partial charge in [0.05, 0.1) is 5.41 Å². The van der Waals surface area contributed by atoms with Gasteiger partial charge in [0.1, 0.15) is 12.2 Å². The molecule has 1 amide bonds. The molecule has 1 N–H and O–H groups in total. The lowest BCUT2D eigenvalue weighted by molar-refractivity contribution is -0.139. The van der Waals surface area contributed by atoms with E-state index in [1.807, 2.05) is 7.05 Å². The molecule has 2 heterocycles. The van der Waals surface area contributed by atoms with Gasteiger partial charge in [-0.3, -0.25) is 4.79 Å². The Hall–Kier alpha value is -1.83. The van der Waals surface area contributed by atoms with Gasteiger partial charge in [-0.05, 0) is 46.4 Å². The highest BCUT2D eigenvalue weighted by atomic mass is 19.4. The Kier molecular flexibility index (Phi) is 5.61. The normalized spacial score (nSPS) is 22.0. The first-order valence-corrected chi connectivity index (χ1v) is 8.17. The van der Waals surface area contributed by atoms with Crippen LogP contribution in [-0.4, -0.2) is 48.1 Å². The molecule has 8 heteroatoms. The number of nitrogens with zero attached hydrogens (tertiary/aromatic N) is 2. The SMILES string of the molecule is C[C@H]1C[C@@H](NC(=O)C(C)(C)COc2ncccc2C(F)(F)F)CN1C. The van der Waals surface area contributed by atoms with Crippen LogP contribution in [0.3, 0.4) is 0 Å². The second-order valence-corrected chi connectivity index (χ2v) is 7.22. The van der Waals surface area contributed by atoms with Crippen LogP contribution in [0.5, 0.6) is 5.88 Å². The zero-order valence-corrected chi connectivity index (χ0v) is 14.9. The van der Waals surface area contributed by atoms with Crippen molar-refractivity contribution in [2.75, 3.05) is 20.2 Å². The summed E-state index contributed by atoms with van der Waals surface area (Å²) in [4.78, 5) is 18.3. The zero-order valence-electron chi connectivity index (χ0n) is 14.9.